The molecule has 3 atom stereocenters. The zero-order valence-electron chi connectivity index (χ0n) is 15.0. The van der Waals surface area contributed by atoms with Gasteiger partial charge in [-0.25, -0.2) is 15.0 Å². The second-order valence-electron chi connectivity index (χ2n) is 7.31. The summed E-state index contributed by atoms with van der Waals surface area (Å²) in [5.74, 6) is 1.22. The van der Waals surface area contributed by atoms with Crippen LogP contribution in [0.4, 0.5) is 11.8 Å². The molecule has 0 amide bonds. The highest BCUT2D eigenvalue weighted by molar-refractivity contribution is 5.89. The van der Waals surface area contributed by atoms with Crippen molar-refractivity contribution in [2.45, 2.75) is 50.9 Å². The van der Waals surface area contributed by atoms with Crippen molar-refractivity contribution in [2.75, 3.05) is 23.8 Å². The molecule has 26 heavy (non-hydrogen) atoms. The van der Waals surface area contributed by atoms with Crippen LogP contribution >= 0.6 is 0 Å². The Morgan fingerprint density at radius 1 is 1.27 bits per heavy atom. The minimum atomic E-state index is 0.190. The molecule has 136 valence electrons. The number of hydrogen-bond acceptors (Lipinski definition) is 8. The van der Waals surface area contributed by atoms with Crippen LogP contribution in [0.2, 0.25) is 0 Å². The largest absolute Gasteiger partial charge is 0.378 e. The lowest BCUT2D eigenvalue weighted by atomic mass is 9.93. The maximum absolute atomic E-state index is 9.20. The highest BCUT2D eigenvalue weighted by Gasteiger charge is 2.32. The second-order valence-corrected chi connectivity index (χ2v) is 7.31. The van der Waals surface area contributed by atoms with Gasteiger partial charge in [0.1, 0.15) is 17.3 Å². The van der Waals surface area contributed by atoms with Gasteiger partial charge in [-0.1, -0.05) is 0 Å². The third-order valence-corrected chi connectivity index (χ3v) is 4.69. The van der Waals surface area contributed by atoms with E-state index in [1.807, 2.05) is 13.8 Å². The summed E-state index contributed by atoms with van der Waals surface area (Å²) in [6, 6.07) is 5.10. The molecule has 1 unspecified atom stereocenters. The monoisotopic (exact) mass is 353 g/mol. The van der Waals surface area contributed by atoms with Crippen molar-refractivity contribution < 1.29 is 4.74 Å². The van der Waals surface area contributed by atoms with Crippen molar-refractivity contribution in [3.05, 3.63) is 18.0 Å². The fourth-order valence-corrected chi connectivity index (χ4v) is 3.68. The number of hydrogen-bond donors (Lipinski definition) is 3. The topological polar surface area (TPSA) is 108 Å². The zero-order chi connectivity index (χ0) is 18.1. The predicted octanol–water partition coefficient (Wildman–Crippen LogP) is 1.65. The number of nitriles is 1. The van der Waals surface area contributed by atoms with E-state index in [9.17, 15) is 5.26 Å². The predicted molar refractivity (Wildman–Crippen MR) is 99.0 cm³/mol. The van der Waals surface area contributed by atoms with E-state index in [-0.39, 0.29) is 6.04 Å². The highest BCUT2D eigenvalue weighted by atomic mass is 16.5. The first-order valence-corrected chi connectivity index (χ1v) is 9.05. The molecule has 2 aromatic heterocycles. The van der Waals surface area contributed by atoms with Crippen molar-refractivity contribution in [1.29, 1.82) is 5.26 Å². The van der Waals surface area contributed by atoms with Gasteiger partial charge in [0.15, 0.2) is 5.82 Å². The smallest absolute Gasteiger partial charge is 0.223 e. The molecule has 0 aliphatic carbocycles. The van der Waals surface area contributed by atoms with Crippen molar-refractivity contribution in [3.8, 4) is 6.07 Å². The molecular formula is C18H23N7O. The van der Waals surface area contributed by atoms with Crippen LogP contribution < -0.4 is 16.0 Å². The average molecular weight is 353 g/mol. The molecule has 2 bridgehead atoms. The van der Waals surface area contributed by atoms with Gasteiger partial charge in [-0.05, 0) is 32.8 Å². The van der Waals surface area contributed by atoms with Gasteiger partial charge < -0.3 is 20.7 Å². The van der Waals surface area contributed by atoms with E-state index in [1.54, 1.807) is 12.3 Å². The summed E-state index contributed by atoms with van der Waals surface area (Å²) in [4.78, 5) is 13.5. The Morgan fingerprint density at radius 3 is 2.73 bits per heavy atom. The lowest BCUT2D eigenvalue weighted by molar-refractivity contribution is 0.0207. The molecule has 2 aromatic rings. The molecule has 8 nitrogen and oxygen atoms in total. The molecule has 2 fully saturated rings. The Balaban J connectivity index is 1.61. The lowest BCUT2D eigenvalue weighted by Gasteiger charge is -2.40. The van der Waals surface area contributed by atoms with Gasteiger partial charge in [-0.2, -0.15) is 5.26 Å². The quantitative estimate of drug-likeness (QED) is 0.761. The number of morpholine rings is 1. The van der Waals surface area contributed by atoms with Gasteiger partial charge >= 0.3 is 0 Å². The van der Waals surface area contributed by atoms with E-state index >= 15 is 0 Å². The summed E-state index contributed by atoms with van der Waals surface area (Å²) in [7, 11) is 0. The summed E-state index contributed by atoms with van der Waals surface area (Å²) in [6.45, 7) is 5.58. The summed E-state index contributed by atoms with van der Waals surface area (Å²) in [5, 5.41) is 20.3. The van der Waals surface area contributed by atoms with Crippen LogP contribution in [-0.2, 0) is 4.74 Å². The molecule has 2 saturated heterocycles. The van der Waals surface area contributed by atoms with E-state index in [1.165, 1.54) is 0 Å². The van der Waals surface area contributed by atoms with Gasteiger partial charge in [0.2, 0.25) is 5.95 Å². The van der Waals surface area contributed by atoms with Gasteiger partial charge in [0.25, 0.3) is 0 Å². The zero-order valence-corrected chi connectivity index (χ0v) is 15.0. The Hall–Kier alpha value is -2.50. The third kappa shape index (κ3) is 3.54. The van der Waals surface area contributed by atoms with E-state index in [2.05, 4.69) is 37.0 Å². The van der Waals surface area contributed by atoms with Crippen LogP contribution in [0.5, 0.6) is 0 Å². The fourth-order valence-electron chi connectivity index (χ4n) is 3.68. The molecule has 3 N–H and O–H groups in total. The Morgan fingerprint density at radius 2 is 2.04 bits per heavy atom. The SMILES string of the molecule is CC(C)Nc1nc(C#N)cc2cnc(NC3C[C@H]4COC[C@@H](C3)N4)nc12. The van der Waals surface area contributed by atoms with Crippen LogP contribution in [0.25, 0.3) is 10.9 Å². The number of rotatable bonds is 4. The Kier molecular flexibility index (Phi) is 4.57. The second kappa shape index (κ2) is 7.02. The van der Waals surface area contributed by atoms with Crippen LogP contribution in [0.1, 0.15) is 32.4 Å². The highest BCUT2D eigenvalue weighted by Crippen LogP contribution is 2.24. The summed E-state index contributed by atoms with van der Waals surface area (Å²) in [5.41, 5.74) is 1.09. The van der Waals surface area contributed by atoms with Crippen molar-refractivity contribution in [1.82, 2.24) is 20.3 Å². The molecular weight excluding hydrogens is 330 g/mol. The van der Waals surface area contributed by atoms with Crippen LogP contribution in [-0.4, -0.2) is 52.3 Å². The summed E-state index contributed by atoms with van der Waals surface area (Å²) in [6.07, 6.45) is 3.73. The Labute approximate surface area is 152 Å². The molecule has 2 aliphatic rings. The van der Waals surface area contributed by atoms with E-state index in [0.29, 0.717) is 35.6 Å². The maximum atomic E-state index is 9.20. The number of anilines is 2. The number of piperidine rings is 1. The molecule has 4 heterocycles. The summed E-state index contributed by atoms with van der Waals surface area (Å²) < 4.78 is 5.60. The maximum Gasteiger partial charge on any atom is 0.223 e. The molecule has 0 aromatic carbocycles. The number of aromatic nitrogens is 3. The fraction of sp³-hybridized carbons (Fsp3) is 0.556. The Bertz CT molecular complexity index is 835. The number of nitrogens with one attached hydrogen (secondary N) is 3. The number of fused-ring (bicyclic) bond motifs is 3. The molecule has 8 heteroatoms. The first-order valence-electron chi connectivity index (χ1n) is 9.05. The first-order chi connectivity index (χ1) is 12.6. The van der Waals surface area contributed by atoms with Crippen molar-refractivity contribution >= 4 is 22.7 Å². The number of ether oxygens (including phenoxy) is 1. The minimum absolute atomic E-state index is 0.190. The molecule has 0 saturated carbocycles. The lowest BCUT2D eigenvalue weighted by Crippen LogP contribution is -2.56. The minimum Gasteiger partial charge on any atom is -0.378 e. The molecule has 0 spiro atoms. The van der Waals surface area contributed by atoms with E-state index < -0.39 is 0 Å². The van der Waals surface area contributed by atoms with Crippen molar-refractivity contribution in [2.24, 2.45) is 0 Å². The van der Waals surface area contributed by atoms with E-state index in [4.69, 9.17) is 4.74 Å². The van der Waals surface area contributed by atoms with Crippen LogP contribution in [0, 0.1) is 11.3 Å². The van der Waals surface area contributed by atoms with Gasteiger partial charge in [-0.3, -0.25) is 0 Å². The van der Waals surface area contributed by atoms with E-state index in [0.717, 1.165) is 37.0 Å². The van der Waals surface area contributed by atoms with Crippen LogP contribution in [0.15, 0.2) is 12.3 Å². The average Bonchev–Trinajstić information content (AvgIpc) is 2.61. The number of pyridine rings is 1. The molecule has 4 rings (SSSR count). The van der Waals surface area contributed by atoms with Crippen LogP contribution in [0.3, 0.4) is 0 Å². The number of nitrogens with zero attached hydrogens (tertiary/aromatic N) is 4. The standard InChI is InChI=1S/C18H23N7O/c1-10(2)21-17-16-11(3-13(6-19)23-17)7-20-18(25-16)24-12-4-14-8-26-9-15(5-12)22-14/h3,7,10,12,14-15,22H,4-5,8-9H2,1-2H3,(H,21,23)(H,20,24,25)/t12?,14-,15+. The van der Waals surface area contributed by atoms with Crippen molar-refractivity contribution in [3.63, 3.8) is 0 Å². The molecule has 2 aliphatic heterocycles. The normalized spacial score (nSPS) is 25.1. The third-order valence-electron chi connectivity index (χ3n) is 4.69. The van der Waals surface area contributed by atoms with Gasteiger partial charge in [0.05, 0.1) is 13.2 Å². The van der Waals surface area contributed by atoms with Gasteiger partial charge in [0, 0.05) is 35.8 Å². The van der Waals surface area contributed by atoms with Gasteiger partial charge in [-0.15, -0.1) is 0 Å². The first kappa shape index (κ1) is 16.9. The molecule has 0 radical (unpaired) electrons. The summed E-state index contributed by atoms with van der Waals surface area (Å²) >= 11 is 0.